The third kappa shape index (κ3) is 4.59. The number of furan rings is 1. The lowest BCUT2D eigenvalue weighted by molar-refractivity contribution is -0.126. The second kappa shape index (κ2) is 9.09. The van der Waals surface area contributed by atoms with Gasteiger partial charge in [0.1, 0.15) is 12.1 Å². The molecule has 8 nitrogen and oxygen atoms in total. The number of nitrogens with zero attached hydrogens (tertiary/aromatic N) is 3. The summed E-state index contributed by atoms with van der Waals surface area (Å²) >= 11 is 0. The van der Waals surface area contributed by atoms with Crippen LogP contribution in [-0.4, -0.2) is 61.1 Å². The molecule has 0 atom stereocenters. The summed E-state index contributed by atoms with van der Waals surface area (Å²) in [4.78, 5) is 33.6. The molecule has 2 fully saturated rings. The number of hydrogen-bond donors (Lipinski definition) is 1. The number of pyridine rings is 1. The van der Waals surface area contributed by atoms with Gasteiger partial charge in [-0.1, -0.05) is 6.07 Å². The number of nitrogens with one attached hydrogen (secondary N) is 1. The number of hydrogen-bond acceptors (Lipinski definition) is 6. The highest BCUT2D eigenvalue weighted by Gasteiger charge is 2.28. The van der Waals surface area contributed by atoms with Crippen LogP contribution in [0.3, 0.4) is 0 Å². The van der Waals surface area contributed by atoms with Crippen LogP contribution in [0.5, 0.6) is 0 Å². The summed E-state index contributed by atoms with van der Waals surface area (Å²) in [6, 6.07) is 5.57. The molecule has 1 N–H and O–H groups in total. The van der Waals surface area contributed by atoms with E-state index in [4.69, 9.17) is 9.15 Å². The zero-order valence-electron chi connectivity index (χ0n) is 16.4. The van der Waals surface area contributed by atoms with E-state index in [9.17, 15) is 9.59 Å². The second-order valence-electron chi connectivity index (χ2n) is 7.38. The van der Waals surface area contributed by atoms with Crippen molar-refractivity contribution in [3.05, 3.63) is 48.0 Å². The Bertz CT molecular complexity index is 825. The minimum Gasteiger partial charge on any atom is -0.472 e. The monoisotopic (exact) mass is 398 g/mol. The van der Waals surface area contributed by atoms with Crippen molar-refractivity contribution in [1.29, 1.82) is 0 Å². The fourth-order valence-electron chi connectivity index (χ4n) is 3.87. The van der Waals surface area contributed by atoms with Gasteiger partial charge in [-0.2, -0.15) is 0 Å². The molecule has 2 amide bonds. The predicted molar refractivity (Wildman–Crippen MR) is 106 cm³/mol. The van der Waals surface area contributed by atoms with Crippen molar-refractivity contribution in [3.63, 3.8) is 0 Å². The zero-order chi connectivity index (χ0) is 20.1. The Hall–Kier alpha value is -2.87. The molecule has 0 radical (unpaired) electrons. The standard InChI is InChI=1S/C21H26N4O4/c26-20(16-3-7-25(8-4-16)21(27)18-5-11-29-15-18)23-14-17-2-1-6-22-19(17)24-9-12-28-13-10-24/h1-2,5-6,11,15-16H,3-4,7-10,12-14H2,(H,23,26). The number of anilines is 1. The fourth-order valence-corrected chi connectivity index (χ4v) is 3.87. The summed E-state index contributed by atoms with van der Waals surface area (Å²) < 4.78 is 10.4. The molecule has 29 heavy (non-hydrogen) atoms. The maximum atomic E-state index is 12.7. The Kier molecular flexibility index (Phi) is 6.09. The minimum atomic E-state index is -0.0769. The van der Waals surface area contributed by atoms with E-state index in [0.29, 0.717) is 51.3 Å². The molecule has 0 bridgehead atoms. The average Bonchev–Trinajstić information content (AvgIpc) is 3.33. The Morgan fingerprint density at radius 2 is 1.93 bits per heavy atom. The first-order valence-corrected chi connectivity index (χ1v) is 10.1. The van der Waals surface area contributed by atoms with E-state index in [2.05, 4.69) is 15.2 Å². The van der Waals surface area contributed by atoms with Crippen molar-refractivity contribution < 1.29 is 18.7 Å². The van der Waals surface area contributed by atoms with Crippen LogP contribution in [-0.2, 0) is 16.1 Å². The summed E-state index contributed by atoms with van der Waals surface area (Å²) in [6.45, 7) is 4.61. The van der Waals surface area contributed by atoms with E-state index in [0.717, 1.165) is 24.5 Å². The molecule has 154 valence electrons. The highest BCUT2D eigenvalue weighted by atomic mass is 16.5. The summed E-state index contributed by atoms with van der Waals surface area (Å²) in [5.41, 5.74) is 1.57. The van der Waals surface area contributed by atoms with Gasteiger partial charge in [-0.05, 0) is 25.0 Å². The Balaban J connectivity index is 1.29. The molecule has 2 aliphatic rings. The molecule has 2 aromatic heterocycles. The largest absolute Gasteiger partial charge is 0.472 e. The van der Waals surface area contributed by atoms with Crippen LogP contribution in [0.2, 0.25) is 0 Å². The molecule has 0 aliphatic carbocycles. The Morgan fingerprint density at radius 1 is 1.14 bits per heavy atom. The molecule has 8 heteroatoms. The molecule has 0 unspecified atom stereocenters. The van der Waals surface area contributed by atoms with Gasteiger partial charge >= 0.3 is 0 Å². The first kappa shape index (κ1) is 19.4. The summed E-state index contributed by atoms with van der Waals surface area (Å²) in [6.07, 6.45) is 6.07. The molecular weight excluding hydrogens is 372 g/mol. The molecule has 4 heterocycles. The molecule has 2 aromatic rings. The SMILES string of the molecule is O=C(NCc1cccnc1N1CCOCC1)C1CCN(C(=O)c2ccoc2)CC1. The summed E-state index contributed by atoms with van der Waals surface area (Å²) in [5, 5.41) is 3.06. The Morgan fingerprint density at radius 3 is 2.66 bits per heavy atom. The maximum Gasteiger partial charge on any atom is 0.257 e. The predicted octanol–water partition coefficient (Wildman–Crippen LogP) is 1.68. The van der Waals surface area contributed by atoms with Gasteiger partial charge in [0, 0.05) is 50.4 Å². The number of aromatic nitrogens is 1. The lowest BCUT2D eigenvalue weighted by Gasteiger charge is -2.31. The Labute approximate surface area is 169 Å². The van der Waals surface area contributed by atoms with Crippen LogP contribution < -0.4 is 10.2 Å². The molecular formula is C21H26N4O4. The quantitative estimate of drug-likeness (QED) is 0.825. The molecule has 0 aromatic carbocycles. The summed E-state index contributed by atoms with van der Waals surface area (Å²) in [7, 11) is 0. The number of ether oxygens (including phenoxy) is 1. The minimum absolute atomic E-state index is 0.0388. The number of likely N-dealkylation sites (tertiary alicyclic amines) is 1. The van der Waals surface area contributed by atoms with Crippen molar-refractivity contribution >= 4 is 17.6 Å². The highest BCUT2D eigenvalue weighted by molar-refractivity contribution is 5.94. The fraction of sp³-hybridized carbons (Fsp3) is 0.476. The molecule has 2 saturated heterocycles. The van der Waals surface area contributed by atoms with E-state index in [-0.39, 0.29) is 17.7 Å². The van der Waals surface area contributed by atoms with Crippen LogP contribution in [0.4, 0.5) is 5.82 Å². The third-order valence-corrected chi connectivity index (χ3v) is 5.55. The summed E-state index contributed by atoms with van der Waals surface area (Å²) in [5.74, 6) is 0.837. The second-order valence-corrected chi connectivity index (χ2v) is 7.38. The number of morpholine rings is 1. The smallest absolute Gasteiger partial charge is 0.257 e. The van der Waals surface area contributed by atoms with Gasteiger partial charge < -0.3 is 24.3 Å². The van der Waals surface area contributed by atoms with Gasteiger partial charge in [-0.3, -0.25) is 9.59 Å². The van der Waals surface area contributed by atoms with Gasteiger partial charge in [0.05, 0.1) is 25.0 Å². The first-order valence-electron chi connectivity index (χ1n) is 10.1. The van der Waals surface area contributed by atoms with Crippen molar-refractivity contribution in [2.24, 2.45) is 5.92 Å². The maximum absolute atomic E-state index is 12.7. The average molecular weight is 398 g/mol. The van der Waals surface area contributed by atoms with E-state index >= 15 is 0 Å². The number of carbonyl (C=O) groups excluding carboxylic acids is 2. The van der Waals surface area contributed by atoms with Gasteiger partial charge in [0.25, 0.3) is 5.91 Å². The molecule has 0 saturated carbocycles. The van der Waals surface area contributed by atoms with Gasteiger partial charge in [-0.25, -0.2) is 4.98 Å². The van der Waals surface area contributed by atoms with Crippen LogP contribution in [0.25, 0.3) is 0 Å². The van der Waals surface area contributed by atoms with E-state index in [1.165, 1.54) is 12.5 Å². The molecule has 0 spiro atoms. The number of piperidine rings is 1. The lowest BCUT2D eigenvalue weighted by atomic mass is 9.95. The van der Waals surface area contributed by atoms with E-state index in [1.54, 1.807) is 17.2 Å². The van der Waals surface area contributed by atoms with Crippen molar-refractivity contribution in [1.82, 2.24) is 15.2 Å². The normalized spacial score (nSPS) is 17.9. The lowest BCUT2D eigenvalue weighted by Crippen LogP contribution is -2.43. The van der Waals surface area contributed by atoms with Crippen molar-refractivity contribution in [3.8, 4) is 0 Å². The number of rotatable bonds is 5. The third-order valence-electron chi connectivity index (χ3n) is 5.55. The van der Waals surface area contributed by atoms with Crippen LogP contribution >= 0.6 is 0 Å². The highest BCUT2D eigenvalue weighted by Crippen LogP contribution is 2.21. The van der Waals surface area contributed by atoms with Gasteiger partial charge in [-0.15, -0.1) is 0 Å². The molecule has 4 rings (SSSR count). The van der Waals surface area contributed by atoms with E-state index in [1.807, 2.05) is 12.1 Å². The van der Waals surface area contributed by atoms with Crippen LogP contribution in [0, 0.1) is 5.92 Å². The van der Waals surface area contributed by atoms with Crippen molar-refractivity contribution in [2.75, 3.05) is 44.3 Å². The first-order chi connectivity index (χ1) is 14.2. The van der Waals surface area contributed by atoms with Gasteiger partial charge in [0.15, 0.2) is 0 Å². The number of amides is 2. The van der Waals surface area contributed by atoms with Crippen LogP contribution in [0.15, 0.2) is 41.3 Å². The van der Waals surface area contributed by atoms with E-state index < -0.39 is 0 Å². The topological polar surface area (TPSA) is 87.9 Å². The van der Waals surface area contributed by atoms with Crippen LogP contribution in [0.1, 0.15) is 28.8 Å². The number of carbonyl (C=O) groups is 2. The molecule has 2 aliphatic heterocycles. The van der Waals surface area contributed by atoms with Gasteiger partial charge in [0.2, 0.25) is 5.91 Å². The zero-order valence-corrected chi connectivity index (χ0v) is 16.4. The van der Waals surface area contributed by atoms with Crippen molar-refractivity contribution in [2.45, 2.75) is 19.4 Å².